The van der Waals surface area contributed by atoms with Gasteiger partial charge in [0.25, 0.3) is 0 Å². The minimum absolute atomic E-state index is 1.01. The van der Waals surface area contributed by atoms with Crippen LogP contribution in [0.5, 0.6) is 0 Å². The van der Waals surface area contributed by atoms with E-state index in [2.05, 4.69) is 61.1 Å². The molecule has 0 aliphatic heterocycles. The maximum Gasteiger partial charge on any atom is 0.0965 e. The van der Waals surface area contributed by atoms with E-state index in [1.54, 1.807) is 0 Å². The van der Waals surface area contributed by atoms with Gasteiger partial charge >= 0.3 is 0 Å². The van der Waals surface area contributed by atoms with Gasteiger partial charge in [-0.25, -0.2) is 4.98 Å². The summed E-state index contributed by atoms with van der Waals surface area (Å²) in [5, 5.41) is 2.28. The van der Waals surface area contributed by atoms with Gasteiger partial charge in [-0.3, -0.25) is 0 Å². The highest BCUT2D eigenvalue weighted by molar-refractivity contribution is 9.10. The van der Waals surface area contributed by atoms with E-state index in [0.717, 1.165) is 41.8 Å². The van der Waals surface area contributed by atoms with Gasteiger partial charge in [-0.2, -0.15) is 0 Å². The lowest BCUT2D eigenvalue weighted by molar-refractivity contribution is 1.49. The van der Waals surface area contributed by atoms with E-state index >= 15 is 0 Å². The molecule has 19 heavy (non-hydrogen) atoms. The van der Waals surface area contributed by atoms with Crippen molar-refractivity contribution in [1.82, 2.24) is 9.97 Å². The third-order valence-corrected chi connectivity index (χ3v) is 4.27. The topological polar surface area (TPSA) is 28.7 Å². The van der Waals surface area contributed by atoms with Crippen molar-refractivity contribution in [2.45, 2.75) is 0 Å². The standard InChI is InChI=1S/C15H8Br2N2/c16-9-1-3-12-8(5-9)6-14-15(19-12)11-7-10(17)2-4-13(11)18-14/h1-7,18H. The van der Waals surface area contributed by atoms with Crippen LogP contribution in [-0.2, 0) is 0 Å². The lowest BCUT2D eigenvalue weighted by atomic mass is 10.2. The Morgan fingerprint density at radius 1 is 0.842 bits per heavy atom. The summed E-state index contributed by atoms with van der Waals surface area (Å²) in [5.41, 5.74) is 4.21. The van der Waals surface area contributed by atoms with Gasteiger partial charge < -0.3 is 4.98 Å². The average Bonchev–Trinajstić information content (AvgIpc) is 2.73. The summed E-state index contributed by atoms with van der Waals surface area (Å²) in [7, 11) is 0. The number of aromatic nitrogens is 2. The molecule has 0 radical (unpaired) electrons. The van der Waals surface area contributed by atoms with Crippen molar-refractivity contribution in [1.29, 1.82) is 0 Å². The number of pyridine rings is 1. The Kier molecular flexibility index (Phi) is 2.44. The van der Waals surface area contributed by atoms with Gasteiger partial charge in [-0.1, -0.05) is 31.9 Å². The zero-order chi connectivity index (χ0) is 13.0. The van der Waals surface area contributed by atoms with E-state index in [-0.39, 0.29) is 0 Å². The first-order valence-electron chi connectivity index (χ1n) is 5.88. The molecule has 2 heterocycles. The summed E-state index contributed by atoms with van der Waals surface area (Å²) >= 11 is 7.01. The summed E-state index contributed by atoms with van der Waals surface area (Å²) in [6.07, 6.45) is 0. The largest absolute Gasteiger partial charge is 0.353 e. The van der Waals surface area contributed by atoms with Crippen molar-refractivity contribution in [2.75, 3.05) is 0 Å². The number of aromatic amines is 1. The molecule has 0 saturated carbocycles. The zero-order valence-corrected chi connectivity index (χ0v) is 12.9. The Labute approximate surface area is 126 Å². The summed E-state index contributed by atoms with van der Waals surface area (Å²) in [6.45, 7) is 0. The van der Waals surface area contributed by atoms with Crippen molar-refractivity contribution < 1.29 is 0 Å². The van der Waals surface area contributed by atoms with Crippen LogP contribution in [0.2, 0.25) is 0 Å². The molecule has 1 N–H and O–H groups in total. The molecule has 92 valence electrons. The zero-order valence-electron chi connectivity index (χ0n) is 9.74. The number of nitrogens with one attached hydrogen (secondary N) is 1. The van der Waals surface area contributed by atoms with Gasteiger partial charge in [0.15, 0.2) is 0 Å². The smallest absolute Gasteiger partial charge is 0.0965 e. The molecular weight excluding hydrogens is 368 g/mol. The minimum atomic E-state index is 1.01. The molecule has 0 aliphatic carbocycles. The van der Waals surface area contributed by atoms with Gasteiger partial charge in [0.2, 0.25) is 0 Å². The molecule has 0 bridgehead atoms. The van der Waals surface area contributed by atoms with Crippen molar-refractivity contribution in [2.24, 2.45) is 0 Å². The van der Waals surface area contributed by atoms with Crippen molar-refractivity contribution in [3.63, 3.8) is 0 Å². The van der Waals surface area contributed by atoms with Crippen LogP contribution >= 0.6 is 31.9 Å². The fraction of sp³-hybridized carbons (Fsp3) is 0. The van der Waals surface area contributed by atoms with Crippen molar-refractivity contribution >= 4 is 64.7 Å². The van der Waals surface area contributed by atoms with Crippen LogP contribution in [0.4, 0.5) is 0 Å². The molecule has 2 aromatic heterocycles. The number of hydrogen-bond acceptors (Lipinski definition) is 1. The van der Waals surface area contributed by atoms with Crippen LogP contribution in [0, 0.1) is 0 Å². The van der Waals surface area contributed by atoms with Crippen LogP contribution < -0.4 is 0 Å². The molecule has 4 rings (SSSR count). The average molecular weight is 376 g/mol. The Balaban J connectivity index is 2.20. The normalized spacial score (nSPS) is 11.7. The van der Waals surface area contributed by atoms with E-state index in [1.165, 1.54) is 0 Å². The van der Waals surface area contributed by atoms with Crippen LogP contribution in [-0.4, -0.2) is 9.97 Å². The SMILES string of the molecule is Brc1ccc2nc3c(cc2c1)[nH]c1ccc(Br)cc13. The molecule has 2 nitrogen and oxygen atoms in total. The second-order valence-corrected chi connectivity index (χ2v) is 6.37. The van der Waals surface area contributed by atoms with Crippen LogP contribution in [0.25, 0.3) is 32.8 Å². The number of rotatable bonds is 0. The van der Waals surface area contributed by atoms with Gasteiger partial charge in [-0.15, -0.1) is 0 Å². The predicted octanol–water partition coefficient (Wildman–Crippen LogP) is 5.39. The third-order valence-electron chi connectivity index (χ3n) is 3.28. The Bertz CT molecular complexity index is 941. The molecule has 2 aromatic carbocycles. The molecule has 0 spiro atoms. The van der Waals surface area contributed by atoms with E-state index in [0.29, 0.717) is 0 Å². The van der Waals surface area contributed by atoms with E-state index < -0.39 is 0 Å². The fourth-order valence-electron chi connectivity index (χ4n) is 2.41. The van der Waals surface area contributed by atoms with Gasteiger partial charge in [0.05, 0.1) is 16.6 Å². The Hall–Kier alpha value is -1.39. The summed E-state index contributed by atoms with van der Waals surface area (Å²) in [6, 6.07) is 14.5. The predicted molar refractivity (Wildman–Crippen MR) is 86.5 cm³/mol. The first-order chi connectivity index (χ1) is 9.20. The molecule has 0 aliphatic rings. The quantitative estimate of drug-likeness (QED) is 0.438. The van der Waals surface area contributed by atoms with Crippen molar-refractivity contribution in [3.05, 3.63) is 51.4 Å². The number of fused-ring (bicyclic) bond motifs is 4. The van der Waals surface area contributed by atoms with Gasteiger partial charge in [0, 0.05) is 25.2 Å². The highest BCUT2D eigenvalue weighted by atomic mass is 79.9. The second kappa shape index (κ2) is 4.05. The number of hydrogen-bond donors (Lipinski definition) is 1. The first-order valence-corrected chi connectivity index (χ1v) is 7.46. The van der Waals surface area contributed by atoms with E-state index in [4.69, 9.17) is 4.98 Å². The lowest BCUT2D eigenvalue weighted by Gasteiger charge is -1.99. The first kappa shape index (κ1) is 11.4. The minimum Gasteiger partial charge on any atom is -0.353 e. The number of halogens is 2. The van der Waals surface area contributed by atoms with E-state index in [1.807, 2.05) is 18.2 Å². The molecule has 0 unspecified atom stereocenters. The summed E-state index contributed by atoms with van der Waals surface area (Å²) < 4.78 is 2.14. The summed E-state index contributed by atoms with van der Waals surface area (Å²) in [4.78, 5) is 8.19. The highest BCUT2D eigenvalue weighted by Gasteiger charge is 2.08. The number of nitrogens with zero attached hydrogens (tertiary/aromatic N) is 1. The second-order valence-electron chi connectivity index (χ2n) is 4.54. The van der Waals surface area contributed by atoms with Crippen molar-refractivity contribution in [3.8, 4) is 0 Å². The molecular formula is C15H8Br2N2. The third kappa shape index (κ3) is 1.78. The van der Waals surface area contributed by atoms with Crippen LogP contribution in [0.15, 0.2) is 51.4 Å². The van der Waals surface area contributed by atoms with Crippen LogP contribution in [0.1, 0.15) is 0 Å². The maximum absolute atomic E-state index is 4.78. The van der Waals surface area contributed by atoms with E-state index in [9.17, 15) is 0 Å². The molecule has 0 atom stereocenters. The molecule has 0 saturated heterocycles. The number of benzene rings is 2. The Morgan fingerprint density at radius 3 is 2.53 bits per heavy atom. The highest BCUT2D eigenvalue weighted by Crippen LogP contribution is 2.29. The maximum atomic E-state index is 4.78. The molecule has 0 fully saturated rings. The molecule has 4 aromatic rings. The molecule has 4 heteroatoms. The Morgan fingerprint density at radius 2 is 1.63 bits per heavy atom. The summed E-state index contributed by atoms with van der Waals surface area (Å²) in [5.74, 6) is 0. The monoisotopic (exact) mass is 374 g/mol. The van der Waals surface area contributed by atoms with Gasteiger partial charge in [0.1, 0.15) is 0 Å². The van der Waals surface area contributed by atoms with Gasteiger partial charge in [-0.05, 0) is 42.5 Å². The number of H-pyrrole nitrogens is 1. The molecule has 0 amide bonds. The van der Waals surface area contributed by atoms with Crippen LogP contribution in [0.3, 0.4) is 0 Å². The fourth-order valence-corrected chi connectivity index (χ4v) is 3.15. The lowest BCUT2D eigenvalue weighted by Crippen LogP contribution is -1.80.